The molecular weight excluding hydrogens is 400 g/mol. The van der Waals surface area contributed by atoms with E-state index in [1.54, 1.807) is 13.3 Å². The number of nitrogens with one attached hydrogen (secondary N) is 1. The minimum absolute atomic E-state index is 0.137. The zero-order valence-electron chi connectivity index (χ0n) is 19.1. The number of imidazole rings is 1. The molecule has 0 saturated carbocycles. The number of amides is 1. The summed E-state index contributed by atoms with van der Waals surface area (Å²) in [4.78, 5) is 18.0. The monoisotopic (exact) mass is 428 g/mol. The Kier molecular flexibility index (Phi) is 5.86. The van der Waals surface area contributed by atoms with E-state index in [1.807, 2.05) is 74.1 Å². The topological polar surface area (TPSA) is 61.1 Å². The third-order valence-corrected chi connectivity index (χ3v) is 5.87. The molecule has 0 bridgehead atoms. The van der Waals surface area contributed by atoms with Gasteiger partial charge in [0.1, 0.15) is 17.6 Å². The minimum atomic E-state index is -0.394. The number of methoxy groups -OCH3 is 1. The summed E-state index contributed by atoms with van der Waals surface area (Å²) in [6.07, 6.45) is 3.62. The highest BCUT2D eigenvalue weighted by molar-refractivity contribution is 5.96. The number of aryl methyl sites for hydroxylation is 3. The standard InChI is InChI=1S/C26H28N4O2/c1-17-8-6-7-9-23(17)30-18(2)16-22(19(30)3)26(31)28-24(25-27-14-15-29(25)4)20-10-12-21(32-5)13-11-20/h6-16,24H,1-5H3,(H,28,31). The van der Waals surface area contributed by atoms with Crippen molar-refractivity contribution in [2.75, 3.05) is 7.11 Å². The van der Waals surface area contributed by atoms with Gasteiger partial charge < -0.3 is 19.2 Å². The third-order valence-electron chi connectivity index (χ3n) is 5.87. The first kappa shape index (κ1) is 21.4. The minimum Gasteiger partial charge on any atom is -0.497 e. The van der Waals surface area contributed by atoms with Crippen molar-refractivity contribution in [3.63, 3.8) is 0 Å². The fraction of sp³-hybridized carbons (Fsp3) is 0.231. The van der Waals surface area contributed by atoms with Crippen molar-refractivity contribution in [2.24, 2.45) is 7.05 Å². The van der Waals surface area contributed by atoms with Crippen molar-refractivity contribution in [3.05, 3.63) is 101 Å². The molecule has 32 heavy (non-hydrogen) atoms. The average Bonchev–Trinajstić information content (AvgIpc) is 3.35. The summed E-state index contributed by atoms with van der Waals surface area (Å²) >= 11 is 0. The molecule has 0 aliphatic rings. The number of para-hydroxylation sites is 1. The Morgan fingerprint density at radius 2 is 1.78 bits per heavy atom. The Balaban J connectivity index is 1.71. The lowest BCUT2D eigenvalue weighted by atomic mass is 10.0. The first-order chi connectivity index (χ1) is 15.4. The highest BCUT2D eigenvalue weighted by Crippen LogP contribution is 2.26. The number of carbonyl (C=O) groups excluding carboxylic acids is 1. The molecule has 0 spiro atoms. The van der Waals surface area contributed by atoms with E-state index < -0.39 is 6.04 Å². The van der Waals surface area contributed by atoms with Gasteiger partial charge in [-0.15, -0.1) is 0 Å². The number of rotatable bonds is 6. The zero-order valence-corrected chi connectivity index (χ0v) is 19.1. The summed E-state index contributed by atoms with van der Waals surface area (Å²) in [7, 11) is 3.56. The molecule has 164 valence electrons. The molecule has 2 aromatic carbocycles. The highest BCUT2D eigenvalue weighted by atomic mass is 16.5. The number of carbonyl (C=O) groups is 1. The van der Waals surface area contributed by atoms with E-state index >= 15 is 0 Å². The fourth-order valence-corrected chi connectivity index (χ4v) is 4.14. The third kappa shape index (κ3) is 3.91. The highest BCUT2D eigenvalue weighted by Gasteiger charge is 2.24. The summed E-state index contributed by atoms with van der Waals surface area (Å²) < 4.78 is 9.34. The average molecular weight is 429 g/mol. The van der Waals surface area contributed by atoms with E-state index in [9.17, 15) is 4.79 Å². The number of hydrogen-bond donors (Lipinski definition) is 1. The van der Waals surface area contributed by atoms with E-state index in [0.29, 0.717) is 5.56 Å². The number of benzene rings is 2. The van der Waals surface area contributed by atoms with Gasteiger partial charge in [0.05, 0.1) is 12.7 Å². The maximum Gasteiger partial charge on any atom is 0.253 e. The zero-order chi connectivity index (χ0) is 22.8. The summed E-state index contributed by atoms with van der Waals surface area (Å²) in [6, 6.07) is 17.4. The summed E-state index contributed by atoms with van der Waals surface area (Å²) in [5.41, 5.74) is 5.74. The van der Waals surface area contributed by atoms with Crippen LogP contribution in [0.3, 0.4) is 0 Å². The van der Waals surface area contributed by atoms with Gasteiger partial charge in [-0.2, -0.15) is 0 Å². The van der Waals surface area contributed by atoms with E-state index in [2.05, 4.69) is 33.9 Å². The molecule has 4 rings (SSSR count). The van der Waals surface area contributed by atoms with Crippen LogP contribution in [0.4, 0.5) is 0 Å². The van der Waals surface area contributed by atoms with Gasteiger partial charge in [0.15, 0.2) is 0 Å². The van der Waals surface area contributed by atoms with Crippen LogP contribution in [0.5, 0.6) is 5.75 Å². The fourth-order valence-electron chi connectivity index (χ4n) is 4.14. The Hall–Kier alpha value is -3.80. The predicted molar refractivity (Wildman–Crippen MR) is 125 cm³/mol. The molecule has 1 amide bonds. The molecule has 2 aromatic heterocycles. The Bertz CT molecular complexity index is 1250. The molecular formula is C26H28N4O2. The van der Waals surface area contributed by atoms with Gasteiger partial charge in [-0.25, -0.2) is 4.98 Å². The lowest BCUT2D eigenvalue weighted by Crippen LogP contribution is -2.31. The van der Waals surface area contributed by atoms with Gasteiger partial charge in [0, 0.05) is 36.5 Å². The van der Waals surface area contributed by atoms with Gasteiger partial charge in [0.25, 0.3) is 5.91 Å². The van der Waals surface area contributed by atoms with Crippen molar-refractivity contribution >= 4 is 5.91 Å². The van der Waals surface area contributed by atoms with E-state index in [-0.39, 0.29) is 5.91 Å². The van der Waals surface area contributed by atoms with Crippen LogP contribution in [-0.2, 0) is 7.05 Å². The molecule has 6 heteroatoms. The van der Waals surface area contributed by atoms with E-state index in [1.165, 1.54) is 0 Å². The van der Waals surface area contributed by atoms with Crippen LogP contribution in [0.25, 0.3) is 5.69 Å². The Morgan fingerprint density at radius 3 is 2.41 bits per heavy atom. The molecule has 0 fully saturated rings. The number of aromatic nitrogens is 3. The Morgan fingerprint density at radius 1 is 1.06 bits per heavy atom. The second-order valence-electron chi connectivity index (χ2n) is 7.98. The predicted octanol–water partition coefficient (Wildman–Crippen LogP) is 4.66. The molecule has 0 radical (unpaired) electrons. The molecule has 0 aliphatic heterocycles. The first-order valence-corrected chi connectivity index (χ1v) is 10.6. The maximum absolute atomic E-state index is 13.5. The van der Waals surface area contributed by atoms with E-state index in [4.69, 9.17) is 4.74 Å². The van der Waals surface area contributed by atoms with Crippen molar-refractivity contribution in [2.45, 2.75) is 26.8 Å². The molecule has 1 N–H and O–H groups in total. The van der Waals surface area contributed by atoms with Crippen LogP contribution >= 0.6 is 0 Å². The van der Waals surface area contributed by atoms with Gasteiger partial charge >= 0.3 is 0 Å². The van der Waals surface area contributed by atoms with Crippen molar-refractivity contribution in [1.82, 2.24) is 19.4 Å². The molecule has 4 aromatic rings. The van der Waals surface area contributed by atoms with E-state index in [0.717, 1.165) is 39.8 Å². The molecule has 6 nitrogen and oxygen atoms in total. The second kappa shape index (κ2) is 8.75. The summed E-state index contributed by atoms with van der Waals surface area (Å²) in [5.74, 6) is 1.39. The lowest BCUT2D eigenvalue weighted by Gasteiger charge is -2.20. The molecule has 1 unspecified atom stereocenters. The first-order valence-electron chi connectivity index (χ1n) is 10.6. The SMILES string of the molecule is COc1ccc(C(NC(=O)c2cc(C)n(-c3ccccc3C)c2C)c2nccn2C)cc1. The van der Waals surface area contributed by atoms with Crippen molar-refractivity contribution in [1.29, 1.82) is 0 Å². The second-order valence-corrected chi connectivity index (χ2v) is 7.98. The van der Waals surface area contributed by atoms with Gasteiger partial charge in [-0.3, -0.25) is 4.79 Å². The van der Waals surface area contributed by atoms with Crippen molar-refractivity contribution < 1.29 is 9.53 Å². The number of nitrogens with zero attached hydrogens (tertiary/aromatic N) is 3. The summed E-state index contributed by atoms with van der Waals surface area (Å²) in [6.45, 7) is 6.09. The Labute approximate surface area is 188 Å². The van der Waals surface area contributed by atoms with Crippen LogP contribution in [0.2, 0.25) is 0 Å². The van der Waals surface area contributed by atoms with Gasteiger partial charge in [-0.1, -0.05) is 30.3 Å². The smallest absolute Gasteiger partial charge is 0.253 e. The molecule has 1 atom stereocenters. The van der Waals surface area contributed by atoms with Crippen LogP contribution in [0, 0.1) is 20.8 Å². The van der Waals surface area contributed by atoms with Crippen LogP contribution in [-0.4, -0.2) is 27.1 Å². The van der Waals surface area contributed by atoms with Crippen LogP contribution < -0.4 is 10.1 Å². The van der Waals surface area contributed by atoms with Gasteiger partial charge in [-0.05, 0) is 56.2 Å². The summed E-state index contributed by atoms with van der Waals surface area (Å²) in [5, 5.41) is 3.20. The van der Waals surface area contributed by atoms with Gasteiger partial charge in [0.2, 0.25) is 0 Å². The largest absolute Gasteiger partial charge is 0.497 e. The quantitative estimate of drug-likeness (QED) is 0.486. The van der Waals surface area contributed by atoms with Crippen LogP contribution in [0.1, 0.15) is 44.7 Å². The van der Waals surface area contributed by atoms with Crippen molar-refractivity contribution in [3.8, 4) is 11.4 Å². The lowest BCUT2D eigenvalue weighted by molar-refractivity contribution is 0.0940. The molecule has 0 saturated heterocycles. The maximum atomic E-state index is 13.5. The molecule has 2 heterocycles. The number of ether oxygens (including phenoxy) is 1. The normalized spacial score (nSPS) is 11.9. The number of hydrogen-bond acceptors (Lipinski definition) is 3. The van der Waals surface area contributed by atoms with Crippen LogP contribution in [0.15, 0.2) is 67.0 Å². The molecule has 0 aliphatic carbocycles.